The highest BCUT2D eigenvalue weighted by atomic mass is 35.5. The molecule has 0 spiro atoms. The van der Waals surface area contributed by atoms with Crippen molar-refractivity contribution < 1.29 is 18.8 Å². The highest BCUT2D eigenvalue weighted by Crippen LogP contribution is 2.17. The lowest BCUT2D eigenvalue weighted by Gasteiger charge is -2.34. The number of hydrogen-bond acceptors (Lipinski definition) is 3. The minimum Gasteiger partial charge on any atom is -0.353 e. The van der Waals surface area contributed by atoms with Crippen LogP contribution >= 0.6 is 11.6 Å². The molecule has 28 heavy (non-hydrogen) atoms. The van der Waals surface area contributed by atoms with Gasteiger partial charge in [-0.2, -0.15) is 0 Å². The fourth-order valence-electron chi connectivity index (χ4n) is 2.81. The highest BCUT2D eigenvalue weighted by molar-refractivity contribution is 6.30. The predicted octanol–water partition coefficient (Wildman–Crippen LogP) is 2.84. The number of piperazine rings is 1. The Hall–Kier alpha value is -3.13. The standard InChI is InChI=1S/C19H18ClFN4O3/c20-12-1-5-15(6-2-12)24-19(28)25-10-9-22-18(27)16(25)11-17(26)23-14-7-3-13(21)4-8-14/h1-8,16H,9-11H2,(H,22,27)(H,23,26)(H,24,28)/t16-/m0/s1. The van der Waals surface area contributed by atoms with Crippen molar-refractivity contribution in [2.75, 3.05) is 23.7 Å². The SMILES string of the molecule is O=C(C[C@H]1C(=O)NCCN1C(=O)Nc1ccc(Cl)cc1)Nc1ccc(F)cc1. The normalized spacial score (nSPS) is 16.3. The summed E-state index contributed by atoms with van der Waals surface area (Å²) in [5, 5.41) is 8.48. The minimum absolute atomic E-state index is 0.225. The first-order valence-corrected chi connectivity index (χ1v) is 8.96. The van der Waals surface area contributed by atoms with Crippen molar-refractivity contribution in [3.05, 3.63) is 59.4 Å². The fraction of sp³-hybridized carbons (Fsp3) is 0.211. The molecule has 0 saturated carbocycles. The number of benzene rings is 2. The number of carbonyl (C=O) groups is 3. The van der Waals surface area contributed by atoms with Crippen LogP contribution < -0.4 is 16.0 Å². The van der Waals surface area contributed by atoms with Gasteiger partial charge in [0.25, 0.3) is 0 Å². The van der Waals surface area contributed by atoms with Gasteiger partial charge in [0.2, 0.25) is 11.8 Å². The van der Waals surface area contributed by atoms with Crippen LogP contribution in [0.3, 0.4) is 0 Å². The Kier molecular flexibility index (Phi) is 6.10. The quantitative estimate of drug-likeness (QED) is 0.731. The van der Waals surface area contributed by atoms with Crippen LogP contribution in [0, 0.1) is 5.82 Å². The molecule has 3 N–H and O–H groups in total. The lowest BCUT2D eigenvalue weighted by molar-refractivity contribution is -0.130. The van der Waals surface area contributed by atoms with Crippen molar-refractivity contribution in [3.8, 4) is 0 Å². The Morgan fingerprint density at radius 2 is 1.68 bits per heavy atom. The van der Waals surface area contributed by atoms with Gasteiger partial charge in [0, 0.05) is 29.5 Å². The van der Waals surface area contributed by atoms with Crippen molar-refractivity contribution in [2.45, 2.75) is 12.5 Å². The topological polar surface area (TPSA) is 90.5 Å². The zero-order valence-electron chi connectivity index (χ0n) is 14.7. The highest BCUT2D eigenvalue weighted by Gasteiger charge is 2.34. The number of amides is 4. The third-order valence-electron chi connectivity index (χ3n) is 4.19. The summed E-state index contributed by atoms with van der Waals surface area (Å²) in [4.78, 5) is 38.5. The van der Waals surface area contributed by atoms with Crippen LogP contribution in [-0.4, -0.2) is 41.9 Å². The second-order valence-corrected chi connectivity index (χ2v) is 6.63. The summed E-state index contributed by atoms with van der Waals surface area (Å²) in [6.07, 6.45) is -0.225. The van der Waals surface area contributed by atoms with Crippen LogP contribution in [0.25, 0.3) is 0 Å². The van der Waals surface area contributed by atoms with Gasteiger partial charge < -0.3 is 20.9 Å². The zero-order chi connectivity index (χ0) is 20.1. The van der Waals surface area contributed by atoms with Crippen LogP contribution in [0.4, 0.5) is 20.6 Å². The number of nitrogens with one attached hydrogen (secondary N) is 3. The second kappa shape index (κ2) is 8.71. The second-order valence-electron chi connectivity index (χ2n) is 6.20. The largest absolute Gasteiger partial charge is 0.353 e. The molecule has 4 amide bonds. The van der Waals surface area contributed by atoms with E-state index in [9.17, 15) is 18.8 Å². The number of rotatable bonds is 4. The van der Waals surface area contributed by atoms with Gasteiger partial charge in [-0.1, -0.05) is 11.6 Å². The van der Waals surface area contributed by atoms with Crippen molar-refractivity contribution >= 4 is 40.8 Å². The van der Waals surface area contributed by atoms with E-state index in [0.717, 1.165) is 0 Å². The van der Waals surface area contributed by atoms with E-state index >= 15 is 0 Å². The van der Waals surface area contributed by atoms with E-state index in [0.29, 0.717) is 22.9 Å². The van der Waals surface area contributed by atoms with E-state index in [2.05, 4.69) is 16.0 Å². The van der Waals surface area contributed by atoms with Crippen LogP contribution in [-0.2, 0) is 9.59 Å². The van der Waals surface area contributed by atoms with E-state index in [1.54, 1.807) is 24.3 Å². The van der Waals surface area contributed by atoms with E-state index in [4.69, 9.17) is 11.6 Å². The predicted molar refractivity (Wildman–Crippen MR) is 104 cm³/mol. The molecule has 146 valence electrons. The number of anilines is 2. The molecule has 1 fully saturated rings. The van der Waals surface area contributed by atoms with Gasteiger partial charge in [-0.25, -0.2) is 9.18 Å². The fourth-order valence-corrected chi connectivity index (χ4v) is 2.94. The molecule has 2 aromatic rings. The monoisotopic (exact) mass is 404 g/mol. The van der Waals surface area contributed by atoms with Crippen LogP contribution in [0.2, 0.25) is 5.02 Å². The Morgan fingerprint density at radius 3 is 2.36 bits per heavy atom. The molecule has 0 bridgehead atoms. The number of hydrogen-bond donors (Lipinski definition) is 3. The number of nitrogens with zero attached hydrogens (tertiary/aromatic N) is 1. The molecule has 1 aliphatic heterocycles. The first-order chi connectivity index (χ1) is 13.4. The van der Waals surface area contributed by atoms with E-state index in [1.807, 2.05) is 0 Å². The molecular weight excluding hydrogens is 387 g/mol. The van der Waals surface area contributed by atoms with Crippen molar-refractivity contribution in [3.63, 3.8) is 0 Å². The van der Waals surface area contributed by atoms with E-state index < -0.39 is 29.7 Å². The summed E-state index contributed by atoms with van der Waals surface area (Å²) >= 11 is 5.83. The van der Waals surface area contributed by atoms with Gasteiger partial charge >= 0.3 is 6.03 Å². The number of urea groups is 1. The molecule has 7 nitrogen and oxygen atoms in total. The summed E-state index contributed by atoms with van der Waals surface area (Å²) in [5.74, 6) is -1.29. The lowest BCUT2D eigenvalue weighted by Crippen LogP contribution is -2.59. The molecule has 3 rings (SSSR count). The van der Waals surface area contributed by atoms with Gasteiger partial charge in [0.05, 0.1) is 6.42 Å². The molecule has 1 aliphatic rings. The molecule has 2 aromatic carbocycles. The molecule has 0 radical (unpaired) electrons. The van der Waals surface area contributed by atoms with Crippen molar-refractivity contribution in [1.82, 2.24) is 10.2 Å². The minimum atomic E-state index is -0.957. The first-order valence-electron chi connectivity index (χ1n) is 8.59. The third-order valence-corrected chi connectivity index (χ3v) is 4.45. The lowest BCUT2D eigenvalue weighted by atomic mass is 10.1. The van der Waals surface area contributed by atoms with Crippen molar-refractivity contribution in [1.29, 1.82) is 0 Å². The molecule has 9 heteroatoms. The molecule has 0 aromatic heterocycles. The maximum atomic E-state index is 13.0. The summed E-state index contributed by atoms with van der Waals surface area (Å²) in [6, 6.07) is 10.4. The summed E-state index contributed by atoms with van der Waals surface area (Å²) in [6.45, 7) is 0.558. The van der Waals surface area contributed by atoms with Gasteiger partial charge in [0.15, 0.2) is 0 Å². The molecule has 1 saturated heterocycles. The average Bonchev–Trinajstić information content (AvgIpc) is 2.67. The average molecular weight is 405 g/mol. The Labute approximate surface area is 165 Å². The molecule has 1 atom stereocenters. The maximum absolute atomic E-state index is 13.0. The third kappa shape index (κ3) is 4.98. The molecule has 1 heterocycles. The van der Waals surface area contributed by atoms with E-state index in [1.165, 1.54) is 29.2 Å². The zero-order valence-corrected chi connectivity index (χ0v) is 15.5. The number of carbonyl (C=O) groups excluding carboxylic acids is 3. The van der Waals surface area contributed by atoms with Gasteiger partial charge in [-0.15, -0.1) is 0 Å². The molecule has 0 unspecified atom stereocenters. The van der Waals surface area contributed by atoms with Gasteiger partial charge in [-0.3, -0.25) is 9.59 Å². The maximum Gasteiger partial charge on any atom is 0.322 e. The van der Waals surface area contributed by atoms with Gasteiger partial charge in [0.1, 0.15) is 11.9 Å². The summed E-state index contributed by atoms with van der Waals surface area (Å²) in [5.41, 5.74) is 0.926. The molecule has 0 aliphatic carbocycles. The summed E-state index contributed by atoms with van der Waals surface area (Å²) in [7, 11) is 0. The van der Waals surface area contributed by atoms with E-state index in [-0.39, 0.29) is 13.0 Å². The smallest absolute Gasteiger partial charge is 0.322 e. The van der Waals surface area contributed by atoms with Crippen LogP contribution in [0.5, 0.6) is 0 Å². The van der Waals surface area contributed by atoms with Crippen molar-refractivity contribution in [2.24, 2.45) is 0 Å². The van der Waals surface area contributed by atoms with Gasteiger partial charge in [-0.05, 0) is 48.5 Å². The first kappa shape index (κ1) is 19.6. The summed E-state index contributed by atoms with van der Waals surface area (Å²) < 4.78 is 13.0. The van der Waals surface area contributed by atoms with Crippen LogP contribution in [0.1, 0.15) is 6.42 Å². The Morgan fingerprint density at radius 1 is 1.07 bits per heavy atom. The molecular formula is C19H18ClFN4O3. The van der Waals surface area contributed by atoms with Crippen LogP contribution in [0.15, 0.2) is 48.5 Å². The Bertz CT molecular complexity index is 874. The Balaban J connectivity index is 1.66. The number of halogens is 2.